The van der Waals surface area contributed by atoms with E-state index in [-0.39, 0.29) is 12.0 Å². The van der Waals surface area contributed by atoms with Gasteiger partial charge in [-0.3, -0.25) is 4.79 Å². The van der Waals surface area contributed by atoms with E-state index in [0.717, 1.165) is 25.7 Å². The number of carboxylic acid groups (broad SMARTS) is 1. The topological polar surface area (TPSA) is 66.8 Å². The lowest BCUT2D eigenvalue weighted by Crippen LogP contribution is -2.38. The van der Waals surface area contributed by atoms with E-state index in [1.54, 1.807) is 0 Å². The number of hydrogen-bond donors (Lipinski definition) is 2. The van der Waals surface area contributed by atoms with Crippen LogP contribution >= 0.6 is 0 Å². The van der Waals surface area contributed by atoms with Crippen molar-refractivity contribution in [3.05, 3.63) is 0 Å². The highest BCUT2D eigenvalue weighted by atomic mass is 16.5. The van der Waals surface area contributed by atoms with Crippen LogP contribution in [0.1, 0.15) is 46.0 Å². The van der Waals surface area contributed by atoms with Crippen LogP contribution in [-0.4, -0.2) is 36.0 Å². The van der Waals surface area contributed by atoms with Crippen molar-refractivity contribution in [3.63, 3.8) is 0 Å². The van der Waals surface area contributed by atoms with Crippen LogP contribution in [0.15, 0.2) is 0 Å². The molecule has 0 unspecified atom stereocenters. The molecule has 100 valence electrons. The van der Waals surface area contributed by atoms with Crippen molar-refractivity contribution in [2.75, 3.05) is 19.8 Å². The number of hydrogen-bond acceptors (Lipinski definition) is 3. The molecular weight excluding hydrogens is 220 g/mol. The highest BCUT2D eigenvalue weighted by Crippen LogP contribution is 2.47. The first-order chi connectivity index (χ1) is 7.92. The Morgan fingerprint density at radius 1 is 1.18 bits per heavy atom. The van der Waals surface area contributed by atoms with Crippen LogP contribution in [0.3, 0.4) is 0 Å². The Hall–Kier alpha value is -0.610. The van der Waals surface area contributed by atoms with Gasteiger partial charge < -0.3 is 14.9 Å². The second-order valence-electron chi connectivity index (χ2n) is 5.84. The number of aliphatic carboxylic acids is 1. The molecule has 0 aromatic heterocycles. The van der Waals surface area contributed by atoms with E-state index in [9.17, 15) is 9.90 Å². The van der Waals surface area contributed by atoms with Crippen molar-refractivity contribution in [3.8, 4) is 0 Å². The smallest absolute Gasteiger partial charge is 0.309 e. The van der Waals surface area contributed by atoms with Gasteiger partial charge >= 0.3 is 5.97 Å². The third-order valence-corrected chi connectivity index (χ3v) is 3.97. The summed E-state index contributed by atoms with van der Waals surface area (Å²) < 4.78 is 5.20. The van der Waals surface area contributed by atoms with Crippen molar-refractivity contribution < 1.29 is 19.7 Å². The van der Waals surface area contributed by atoms with Gasteiger partial charge in [0.1, 0.15) is 0 Å². The first kappa shape index (κ1) is 14.5. The third kappa shape index (κ3) is 3.96. The van der Waals surface area contributed by atoms with Crippen molar-refractivity contribution in [2.24, 2.45) is 10.8 Å². The summed E-state index contributed by atoms with van der Waals surface area (Å²) in [5.41, 5.74) is -0.337. The fourth-order valence-corrected chi connectivity index (χ4v) is 2.41. The Bertz CT molecular complexity index is 250. The fraction of sp³-hybridized carbons (Fsp3) is 0.923. The summed E-state index contributed by atoms with van der Waals surface area (Å²) in [4.78, 5) is 11.4. The maximum Gasteiger partial charge on any atom is 0.309 e. The van der Waals surface area contributed by atoms with Gasteiger partial charge in [0.15, 0.2) is 0 Å². The number of aliphatic hydroxyl groups is 1. The van der Waals surface area contributed by atoms with Crippen molar-refractivity contribution >= 4 is 5.97 Å². The van der Waals surface area contributed by atoms with Gasteiger partial charge in [-0.15, -0.1) is 0 Å². The first-order valence-electron chi connectivity index (χ1n) is 6.34. The zero-order valence-corrected chi connectivity index (χ0v) is 10.9. The van der Waals surface area contributed by atoms with Crippen LogP contribution in [0.4, 0.5) is 0 Å². The van der Waals surface area contributed by atoms with Crippen LogP contribution in [0.2, 0.25) is 0 Å². The minimum Gasteiger partial charge on any atom is -0.481 e. The second kappa shape index (κ2) is 5.83. The van der Waals surface area contributed by atoms with Gasteiger partial charge in [-0.2, -0.15) is 0 Å². The lowest BCUT2D eigenvalue weighted by atomic mass is 9.64. The summed E-state index contributed by atoms with van der Waals surface area (Å²) in [6.07, 6.45) is 3.94. The summed E-state index contributed by atoms with van der Waals surface area (Å²) in [5.74, 6) is -0.694. The van der Waals surface area contributed by atoms with Crippen LogP contribution in [0, 0.1) is 10.8 Å². The molecule has 0 heterocycles. The lowest BCUT2D eigenvalue weighted by molar-refractivity contribution is -0.154. The van der Waals surface area contributed by atoms with E-state index in [0.29, 0.717) is 19.6 Å². The first-order valence-corrected chi connectivity index (χ1v) is 6.34. The van der Waals surface area contributed by atoms with Gasteiger partial charge in [0, 0.05) is 6.61 Å². The van der Waals surface area contributed by atoms with Crippen LogP contribution in [-0.2, 0) is 9.53 Å². The Morgan fingerprint density at radius 2 is 1.76 bits per heavy atom. The molecule has 0 amide bonds. The van der Waals surface area contributed by atoms with E-state index in [2.05, 4.69) is 13.8 Å². The zero-order chi connectivity index (χ0) is 12.9. The Morgan fingerprint density at radius 3 is 2.24 bits per heavy atom. The molecule has 4 nitrogen and oxygen atoms in total. The molecule has 0 bridgehead atoms. The number of rotatable bonds is 6. The predicted molar refractivity (Wildman–Crippen MR) is 64.8 cm³/mol. The SMILES string of the molecule is CC1(C)CCC(CCOCCO)(C(=O)O)CC1. The van der Waals surface area contributed by atoms with Crippen molar-refractivity contribution in [1.82, 2.24) is 0 Å². The maximum atomic E-state index is 11.4. The monoisotopic (exact) mass is 244 g/mol. The Balaban J connectivity index is 2.50. The molecule has 0 aromatic rings. The summed E-state index contributed by atoms with van der Waals surface area (Å²) >= 11 is 0. The average Bonchev–Trinajstić information content (AvgIpc) is 2.26. The van der Waals surface area contributed by atoms with Gasteiger partial charge in [-0.25, -0.2) is 0 Å². The molecule has 0 aliphatic heterocycles. The van der Waals surface area contributed by atoms with Gasteiger partial charge in [-0.1, -0.05) is 13.8 Å². The minimum absolute atomic E-state index is 0.00684. The number of carboxylic acids is 1. The fourth-order valence-electron chi connectivity index (χ4n) is 2.41. The third-order valence-electron chi connectivity index (χ3n) is 3.97. The average molecular weight is 244 g/mol. The largest absolute Gasteiger partial charge is 0.481 e. The summed E-state index contributed by atoms with van der Waals surface area (Å²) in [6, 6.07) is 0. The molecular formula is C13H24O4. The van der Waals surface area contributed by atoms with E-state index in [1.165, 1.54) is 0 Å². The van der Waals surface area contributed by atoms with E-state index < -0.39 is 11.4 Å². The molecule has 0 spiro atoms. The molecule has 1 saturated carbocycles. The molecule has 0 saturated heterocycles. The zero-order valence-electron chi connectivity index (χ0n) is 10.9. The summed E-state index contributed by atoms with van der Waals surface area (Å²) in [7, 11) is 0. The molecule has 1 aliphatic rings. The van der Waals surface area contributed by atoms with Crippen molar-refractivity contribution in [2.45, 2.75) is 46.0 Å². The number of ether oxygens (including phenoxy) is 1. The Kier molecular flexibility index (Phi) is 4.95. The molecule has 1 aliphatic carbocycles. The quantitative estimate of drug-likeness (QED) is 0.702. The molecule has 4 heteroatoms. The minimum atomic E-state index is -0.694. The van der Waals surface area contributed by atoms with E-state index in [1.807, 2.05) is 0 Å². The standard InChI is InChI=1S/C13H24O4/c1-12(2)3-5-13(6-4-12,11(15)16)7-9-17-10-8-14/h14H,3-10H2,1-2H3,(H,15,16). The molecule has 0 aromatic carbocycles. The highest BCUT2D eigenvalue weighted by Gasteiger charge is 2.43. The molecule has 2 N–H and O–H groups in total. The highest BCUT2D eigenvalue weighted by molar-refractivity contribution is 5.74. The van der Waals surface area contributed by atoms with Crippen molar-refractivity contribution in [1.29, 1.82) is 0 Å². The van der Waals surface area contributed by atoms with Crippen LogP contribution in [0.25, 0.3) is 0 Å². The molecule has 1 rings (SSSR count). The summed E-state index contributed by atoms with van der Waals surface area (Å²) in [6.45, 7) is 5.10. The molecule has 0 radical (unpaired) electrons. The Labute approximate surface area is 103 Å². The molecule has 1 fully saturated rings. The number of aliphatic hydroxyl groups excluding tert-OH is 1. The van der Waals surface area contributed by atoms with Gasteiger partial charge in [0.25, 0.3) is 0 Å². The van der Waals surface area contributed by atoms with E-state index >= 15 is 0 Å². The van der Waals surface area contributed by atoms with Gasteiger partial charge in [-0.05, 0) is 37.5 Å². The van der Waals surface area contributed by atoms with Crippen LogP contribution < -0.4 is 0 Å². The lowest BCUT2D eigenvalue weighted by Gasteiger charge is -2.40. The summed E-state index contributed by atoms with van der Waals surface area (Å²) in [5, 5.41) is 18.0. The van der Waals surface area contributed by atoms with Crippen LogP contribution in [0.5, 0.6) is 0 Å². The predicted octanol–water partition coefficient (Wildman–Crippen LogP) is 2.06. The van der Waals surface area contributed by atoms with Gasteiger partial charge in [0.05, 0.1) is 18.6 Å². The molecule has 0 atom stereocenters. The van der Waals surface area contributed by atoms with Gasteiger partial charge in [0.2, 0.25) is 0 Å². The second-order valence-corrected chi connectivity index (χ2v) is 5.84. The normalized spacial score (nSPS) is 22.3. The maximum absolute atomic E-state index is 11.4. The van der Waals surface area contributed by atoms with E-state index in [4.69, 9.17) is 9.84 Å². The number of carbonyl (C=O) groups is 1. The molecule has 17 heavy (non-hydrogen) atoms.